The van der Waals surface area contributed by atoms with Gasteiger partial charge in [-0.15, -0.1) is 0 Å². The maximum absolute atomic E-state index is 12.9. The van der Waals surface area contributed by atoms with Crippen LogP contribution in [0.15, 0.2) is 24.3 Å². The fourth-order valence-corrected chi connectivity index (χ4v) is 3.46. The number of hydrogen-bond donors (Lipinski definition) is 1. The molecule has 1 unspecified atom stereocenters. The van der Waals surface area contributed by atoms with Gasteiger partial charge in [-0.25, -0.2) is 12.7 Å². The maximum atomic E-state index is 12.9. The molecule has 1 aliphatic rings. The van der Waals surface area contributed by atoms with Crippen LogP contribution >= 0.6 is 0 Å². The van der Waals surface area contributed by atoms with E-state index in [-0.39, 0.29) is 6.54 Å². The first-order valence-electron chi connectivity index (χ1n) is 7.01. The maximum Gasteiger partial charge on any atom is 0.417 e. The summed E-state index contributed by atoms with van der Waals surface area (Å²) in [5, 5.41) is 2.50. The van der Waals surface area contributed by atoms with E-state index in [4.69, 9.17) is 0 Å². The third-order valence-corrected chi connectivity index (χ3v) is 4.94. The predicted octanol–water partition coefficient (Wildman–Crippen LogP) is 1.86. The smallest absolute Gasteiger partial charge is 0.348 e. The fraction of sp³-hybridized carbons (Fsp3) is 0.500. The Balaban J connectivity index is 2.14. The van der Waals surface area contributed by atoms with E-state index >= 15 is 0 Å². The van der Waals surface area contributed by atoms with E-state index in [0.29, 0.717) is 19.4 Å². The minimum atomic E-state index is -4.63. The van der Waals surface area contributed by atoms with Gasteiger partial charge in [0.05, 0.1) is 17.4 Å². The highest BCUT2D eigenvalue weighted by atomic mass is 32.2. The first kappa shape index (κ1) is 17.7. The van der Waals surface area contributed by atoms with Gasteiger partial charge in [0.1, 0.15) is 0 Å². The largest absolute Gasteiger partial charge is 0.417 e. The molecule has 0 saturated carbocycles. The SMILES string of the molecule is CS(=O)(=O)N1CCCC(NC(=O)c2ccccc2C(F)(F)F)C1. The molecule has 1 aromatic carbocycles. The van der Waals surface area contributed by atoms with Crippen LogP contribution in [-0.2, 0) is 16.2 Å². The van der Waals surface area contributed by atoms with E-state index in [1.807, 2.05) is 0 Å². The van der Waals surface area contributed by atoms with Crippen LogP contribution < -0.4 is 5.32 Å². The molecule has 2 rings (SSSR count). The number of halogens is 3. The van der Waals surface area contributed by atoms with Gasteiger partial charge in [0, 0.05) is 19.1 Å². The summed E-state index contributed by atoms with van der Waals surface area (Å²) in [7, 11) is -3.39. The van der Waals surface area contributed by atoms with Crippen LogP contribution in [0.2, 0.25) is 0 Å². The second kappa shape index (κ2) is 6.48. The van der Waals surface area contributed by atoms with Crippen LogP contribution in [-0.4, -0.2) is 44.0 Å². The number of carbonyl (C=O) groups is 1. The Kier molecular flexibility index (Phi) is 5.00. The third-order valence-electron chi connectivity index (χ3n) is 3.67. The average Bonchev–Trinajstić information content (AvgIpc) is 2.46. The Morgan fingerprint density at radius 3 is 2.57 bits per heavy atom. The van der Waals surface area contributed by atoms with Gasteiger partial charge in [-0.2, -0.15) is 13.2 Å². The molecule has 1 heterocycles. The molecule has 23 heavy (non-hydrogen) atoms. The molecule has 1 N–H and O–H groups in total. The molecule has 0 bridgehead atoms. The van der Waals surface area contributed by atoms with E-state index in [1.54, 1.807) is 0 Å². The molecule has 128 valence electrons. The van der Waals surface area contributed by atoms with Crippen LogP contribution in [0.1, 0.15) is 28.8 Å². The summed E-state index contributed by atoms with van der Waals surface area (Å²) in [5.41, 5.74) is -1.47. The molecule has 0 radical (unpaired) electrons. The van der Waals surface area contributed by atoms with Crippen LogP contribution in [0.4, 0.5) is 13.2 Å². The van der Waals surface area contributed by atoms with E-state index < -0.39 is 39.3 Å². The van der Waals surface area contributed by atoms with Crippen molar-refractivity contribution in [2.24, 2.45) is 0 Å². The van der Waals surface area contributed by atoms with Crippen molar-refractivity contribution in [1.82, 2.24) is 9.62 Å². The lowest BCUT2D eigenvalue weighted by molar-refractivity contribution is -0.137. The zero-order valence-corrected chi connectivity index (χ0v) is 13.2. The van der Waals surface area contributed by atoms with Gasteiger partial charge in [-0.05, 0) is 25.0 Å². The first-order valence-corrected chi connectivity index (χ1v) is 8.86. The van der Waals surface area contributed by atoms with E-state index in [2.05, 4.69) is 5.32 Å². The van der Waals surface area contributed by atoms with Crippen molar-refractivity contribution < 1.29 is 26.4 Å². The van der Waals surface area contributed by atoms with Crippen LogP contribution in [0.25, 0.3) is 0 Å². The van der Waals surface area contributed by atoms with Gasteiger partial charge < -0.3 is 5.32 Å². The molecule has 0 aromatic heterocycles. The number of alkyl halides is 3. The highest BCUT2D eigenvalue weighted by Gasteiger charge is 2.35. The molecule has 1 aliphatic heterocycles. The molecule has 1 aromatic rings. The van der Waals surface area contributed by atoms with E-state index in [1.165, 1.54) is 16.4 Å². The molecule has 5 nitrogen and oxygen atoms in total. The summed E-state index contributed by atoms with van der Waals surface area (Å²) >= 11 is 0. The van der Waals surface area contributed by atoms with Crippen molar-refractivity contribution in [3.8, 4) is 0 Å². The summed E-state index contributed by atoms with van der Waals surface area (Å²) in [6.07, 6.45) is -2.50. The van der Waals surface area contributed by atoms with Gasteiger partial charge in [0.15, 0.2) is 0 Å². The number of nitrogens with zero attached hydrogens (tertiary/aromatic N) is 1. The third kappa shape index (κ3) is 4.44. The molecular weight excluding hydrogens is 333 g/mol. The lowest BCUT2D eigenvalue weighted by atomic mass is 10.0. The number of benzene rings is 1. The fourth-order valence-electron chi connectivity index (χ4n) is 2.55. The standard InChI is InChI=1S/C14H17F3N2O3S/c1-23(21,22)19-8-4-5-10(9-19)18-13(20)11-6-2-3-7-12(11)14(15,16)17/h2-3,6-7,10H,4-5,8-9H2,1H3,(H,18,20). The summed E-state index contributed by atoms with van der Waals surface area (Å²) < 4.78 is 63.1. The molecule has 1 amide bonds. The first-order chi connectivity index (χ1) is 10.6. The zero-order chi connectivity index (χ0) is 17.3. The summed E-state index contributed by atoms with van der Waals surface area (Å²) in [4.78, 5) is 12.2. The minimum absolute atomic E-state index is 0.0682. The summed E-state index contributed by atoms with van der Waals surface area (Å²) in [6.45, 7) is 0.420. The molecule has 9 heteroatoms. The normalized spacial score (nSPS) is 20.3. The van der Waals surface area contributed by atoms with Gasteiger partial charge in [0.25, 0.3) is 5.91 Å². The average molecular weight is 350 g/mol. The molecule has 1 fully saturated rings. The van der Waals surface area contributed by atoms with Crippen LogP contribution in [0.5, 0.6) is 0 Å². The quantitative estimate of drug-likeness (QED) is 0.905. The molecular formula is C14H17F3N2O3S. The zero-order valence-electron chi connectivity index (χ0n) is 12.4. The number of sulfonamides is 1. The summed E-state index contributed by atoms with van der Waals surface area (Å²) in [5.74, 6) is -0.849. The van der Waals surface area contributed by atoms with E-state index in [0.717, 1.165) is 18.4 Å². The number of carbonyl (C=O) groups excluding carboxylic acids is 1. The van der Waals surface area contributed by atoms with Gasteiger partial charge >= 0.3 is 6.18 Å². The number of hydrogen-bond acceptors (Lipinski definition) is 3. The van der Waals surface area contributed by atoms with Gasteiger partial charge in [0.2, 0.25) is 10.0 Å². The molecule has 0 aliphatic carbocycles. The molecule has 0 spiro atoms. The van der Waals surface area contributed by atoms with Crippen LogP contribution in [0, 0.1) is 0 Å². The van der Waals surface area contributed by atoms with Crippen LogP contribution in [0.3, 0.4) is 0 Å². The Bertz CT molecular complexity index is 689. The second-order valence-corrected chi connectivity index (χ2v) is 7.46. The Morgan fingerprint density at radius 2 is 1.96 bits per heavy atom. The van der Waals surface area contributed by atoms with Crippen molar-refractivity contribution in [3.05, 3.63) is 35.4 Å². The van der Waals surface area contributed by atoms with Crippen molar-refractivity contribution in [3.63, 3.8) is 0 Å². The summed E-state index contributed by atoms with van der Waals surface area (Å²) in [6, 6.07) is 4.01. The Labute approximate surface area is 132 Å². The Hall–Kier alpha value is -1.61. The Morgan fingerprint density at radius 1 is 1.30 bits per heavy atom. The highest BCUT2D eigenvalue weighted by Crippen LogP contribution is 2.31. The van der Waals surface area contributed by atoms with Crippen molar-refractivity contribution in [2.45, 2.75) is 25.1 Å². The number of rotatable bonds is 3. The number of piperidine rings is 1. The molecule has 1 saturated heterocycles. The van der Waals surface area contributed by atoms with Crippen molar-refractivity contribution >= 4 is 15.9 Å². The molecule has 1 atom stereocenters. The lowest BCUT2D eigenvalue weighted by Crippen LogP contribution is -2.49. The lowest BCUT2D eigenvalue weighted by Gasteiger charge is -2.31. The van der Waals surface area contributed by atoms with Crippen molar-refractivity contribution in [1.29, 1.82) is 0 Å². The number of amides is 1. The predicted molar refractivity (Wildman–Crippen MR) is 78.3 cm³/mol. The minimum Gasteiger partial charge on any atom is -0.348 e. The van der Waals surface area contributed by atoms with Gasteiger partial charge in [-0.3, -0.25) is 4.79 Å². The second-order valence-electron chi connectivity index (χ2n) is 5.48. The monoisotopic (exact) mass is 350 g/mol. The van der Waals surface area contributed by atoms with E-state index in [9.17, 15) is 26.4 Å². The number of nitrogens with one attached hydrogen (secondary N) is 1. The highest BCUT2D eigenvalue weighted by molar-refractivity contribution is 7.88. The van der Waals surface area contributed by atoms with Gasteiger partial charge in [-0.1, -0.05) is 12.1 Å². The van der Waals surface area contributed by atoms with Crippen molar-refractivity contribution in [2.75, 3.05) is 19.3 Å². The topological polar surface area (TPSA) is 66.5 Å².